The Bertz CT molecular complexity index is 723. The Morgan fingerprint density at radius 2 is 2.12 bits per heavy atom. The van der Waals surface area contributed by atoms with E-state index in [1.54, 1.807) is 36.7 Å². The van der Waals surface area contributed by atoms with Crippen LogP contribution < -0.4 is 0 Å². The van der Waals surface area contributed by atoms with Gasteiger partial charge in [-0.1, -0.05) is 6.07 Å². The summed E-state index contributed by atoms with van der Waals surface area (Å²) in [5.74, 6) is 0.122. The van der Waals surface area contributed by atoms with Crippen molar-refractivity contribution in [2.24, 2.45) is 0 Å². The van der Waals surface area contributed by atoms with E-state index in [9.17, 15) is 9.90 Å². The van der Waals surface area contributed by atoms with Crippen molar-refractivity contribution < 1.29 is 14.6 Å². The lowest BCUT2D eigenvalue weighted by Gasteiger charge is -2.26. The molecule has 1 aliphatic heterocycles. The summed E-state index contributed by atoms with van der Waals surface area (Å²) >= 11 is 0. The van der Waals surface area contributed by atoms with E-state index in [1.807, 2.05) is 12.1 Å². The average Bonchev–Trinajstić information content (AvgIpc) is 2.63. The second kappa shape index (κ2) is 7.86. The van der Waals surface area contributed by atoms with Gasteiger partial charge in [0.1, 0.15) is 5.75 Å². The highest BCUT2D eigenvalue weighted by Gasteiger charge is 2.14. The van der Waals surface area contributed by atoms with Gasteiger partial charge in [-0.25, -0.2) is 0 Å². The van der Waals surface area contributed by atoms with Gasteiger partial charge in [-0.2, -0.15) is 0 Å². The first-order valence-corrected chi connectivity index (χ1v) is 7.97. The van der Waals surface area contributed by atoms with Crippen molar-refractivity contribution in [2.45, 2.75) is 6.54 Å². The first-order valence-electron chi connectivity index (χ1n) is 7.97. The molecule has 0 radical (unpaired) electrons. The Labute approximate surface area is 141 Å². The monoisotopic (exact) mass is 324 g/mol. The van der Waals surface area contributed by atoms with E-state index in [-0.39, 0.29) is 11.5 Å². The highest BCUT2D eigenvalue weighted by atomic mass is 16.5. The molecule has 1 N–H and O–H groups in total. The first-order chi connectivity index (χ1) is 11.7. The van der Waals surface area contributed by atoms with Crippen LogP contribution in [0.5, 0.6) is 5.75 Å². The molecule has 2 heterocycles. The van der Waals surface area contributed by atoms with Crippen molar-refractivity contribution in [3.05, 3.63) is 65.5 Å². The molecule has 0 atom stereocenters. The maximum atomic E-state index is 12.4. The summed E-state index contributed by atoms with van der Waals surface area (Å²) in [7, 11) is 0. The molecule has 24 heavy (non-hydrogen) atoms. The highest BCUT2D eigenvalue weighted by molar-refractivity contribution is 6.07. The number of pyridine rings is 1. The Balaban J connectivity index is 1.72. The molecular weight excluding hydrogens is 304 g/mol. The second-order valence-electron chi connectivity index (χ2n) is 5.72. The second-order valence-corrected chi connectivity index (χ2v) is 5.72. The summed E-state index contributed by atoms with van der Waals surface area (Å²) in [6, 6.07) is 8.71. The predicted molar refractivity (Wildman–Crippen MR) is 91.8 cm³/mol. The minimum Gasteiger partial charge on any atom is -0.508 e. The van der Waals surface area contributed by atoms with Gasteiger partial charge in [0, 0.05) is 43.2 Å². The molecule has 124 valence electrons. The zero-order valence-corrected chi connectivity index (χ0v) is 13.4. The predicted octanol–water partition coefficient (Wildman–Crippen LogP) is 2.52. The molecule has 1 fully saturated rings. The summed E-state index contributed by atoms with van der Waals surface area (Å²) in [4.78, 5) is 18.6. The number of nitrogens with zero attached hydrogens (tertiary/aromatic N) is 2. The Morgan fingerprint density at radius 1 is 1.29 bits per heavy atom. The molecule has 0 bridgehead atoms. The summed E-state index contributed by atoms with van der Waals surface area (Å²) < 4.78 is 5.33. The number of carbonyl (C=O) groups excluding carboxylic acids is 1. The van der Waals surface area contributed by atoms with Gasteiger partial charge in [0.2, 0.25) is 0 Å². The SMILES string of the molecule is O=C(/C=C/c1cccnc1)c1ccc(O)c(CN2CCOCC2)c1. The van der Waals surface area contributed by atoms with Gasteiger partial charge in [-0.15, -0.1) is 0 Å². The molecule has 0 amide bonds. The third kappa shape index (κ3) is 4.28. The Kier molecular flexibility index (Phi) is 5.36. The number of morpholine rings is 1. The van der Waals surface area contributed by atoms with E-state index in [2.05, 4.69) is 9.88 Å². The average molecular weight is 324 g/mol. The fourth-order valence-electron chi connectivity index (χ4n) is 2.61. The van der Waals surface area contributed by atoms with E-state index in [0.717, 1.165) is 24.2 Å². The lowest BCUT2D eigenvalue weighted by molar-refractivity contribution is 0.0339. The van der Waals surface area contributed by atoms with Crippen LogP contribution in [-0.4, -0.2) is 47.1 Å². The normalized spacial score (nSPS) is 15.7. The van der Waals surface area contributed by atoms with Gasteiger partial charge in [0.25, 0.3) is 0 Å². The first kappa shape index (κ1) is 16.4. The van der Waals surface area contributed by atoms with E-state index in [1.165, 1.54) is 6.08 Å². The molecule has 1 aliphatic rings. The van der Waals surface area contributed by atoms with Gasteiger partial charge in [0.15, 0.2) is 5.78 Å². The van der Waals surface area contributed by atoms with E-state index >= 15 is 0 Å². The third-order valence-electron chi connectivity index (χ3n) is 3.97. The topological polar surface area (TPSA) is 62.7 Å². The molecule has 0 saturated carbocycles. The number of phenolic OH excluding ortho intramolecular Hbond substituents is 1. The minimum atomic E-state index is -0.0953. The number of carbonyl (C=O) groups is 1. The smallest absolute Gasteiger partial charge is 0.185 e. The number of phenols is 1. The van der Waals surface area contributed by atoms with Crippen LogP contribution in [0, 0.1) is 0 Å². The lowest BCUT2D eigenvalue weighted by atomic mass is 10.0. The van der Waals surface area contributed by atoms with Crippen LogP contribution in [0.25, 0.3) is 6.08 Å². The van der Waals surface area contributed by atoms with Crippen LogP contribution in [0.15, 0.2) is 48.8 Å². The van der Waals surface area contributed by atoms with Crippen LogP contribution >= 0.6 is 0 Å². The third-order valence-corrected chi connectivity index (χ3v) is 3.97. The molecule has 0 spiro atoms. The molecule has 0 unspecified atom stereocenters. The number of aromatic hydroxyl groups is 1. The number of hydrogen-bond donors (Lipinski definition) is 1. The van der Waals surface area contributed by atoms with Gasteiger partial charge in [-0.3, -0.25) is 14.7 Å². The zero-order valence-electron chi connectivity index (χ0n) is 13.4. The fraction of sp³-hybridized carbons (Fsp3) is 0.263. The molecule has 1 saturated heterocycles. The molecule has 5 heteroatoms. The molecule has 2 aromatic rings. The van der Waals surface area contributed by atoms with Crippen molar-refractivity contribution >= 4 is 11.9 Å². The number of ketones is 1. The quantitative estimate of drug-likeness (QED) is 0.676. The van der Waals surface area contributed by atoms with Crippen LogP contribution in [0.3, 0.4) is 0 Å². The van der Waals surface area contributed by atoms with Gasteiger partial charge < -0.3 is 9.84 Å². The molecular formula is C19H20N2O3. The number of benzene rings is 1. The van der Waals surface area contributed by atoms with Crippen LogP contribution in [-0.2, 0) is 11.3 Å². The van der Waals surface area contributed by atoms with E-state index < -0.39 is 0 Å². The zero-order chi connectivity index (χ0) is 16.8. The van der Waals surface area contributed by atoms with E-state index in [0.29, 0.717) is 25.3 Å². The van der Waals surface area contributed by atoms with Crippen LogP contribution in [0.2, 0.25) is 0 Å². The van der Waals surface area contributed by atoms with Crippen LogP contribution in [0.4, 0.5) is 0 Å². The number of hydrogen-bond acceptors (Lipinski definition) is 5. The maximum Gasteiger partial charge on any atom is 0.185 e. The standard InChI is InChI=1S/C19H20N2O3/c22-18(5-3-15-2-1-7-20-13-15)16-4-6-19(23)17(12-16)14-21-8-10-24-11-9-21/h1-7,12-13,23H,8-11,14H2/b5-3+. The van der Waals surface area contributed by atoms with Gasteiger partial charge >= 0.3 is 0 Å². The molecule has 5 nitrogen and oxygen atoms in total. The van der Waals surface area contributed by atoms with Gasteiger partial charge in [0.05, 0.1) is 13.2 Å². The number of aromatic nitrogens is 1. The molecule has 3 rings (SSSR count). The Hall–Kier alpha value is -2.50. The van der Waals surface area contributed by atoms with Crippen molar-refractivity contribution in [1.82, 2.24) is 9.88 Å². The maximum absolute atomic E-state index is 12.4. The van der Waals surface area contributed by atoms with Crippen molar-refractivity contribution in [2.75, 3.05) is 26.3 Å². The summed E-state index contributed by atoms with van der Waals surface area (Å²) in [6.45, 7) is 3.68. The molecule has 1 aromatic carbocycles. The molecule has 0 aliphatic carbocycles. The molecule has 1 aromatic heterocycles. The van der Waals surface area contributed by atoms with Crippen molar-refractivity contribution in [3.63, 3.8) is 0 Å². The minimum absolute atomic E-state index is 0.0953. The van der Waals surface area contributed by atoms with Gasteiger partial charge in [-0.05, 0) is 42.0 Å². The number of allylic oxidation sites excluding steroid dienone is 1. The van der Waals surface area contributed by atoms with E-state index in [4.69, 9.17) is 4.74 Å². The largest absolute Gasteiger partial charge is 0.508 e. The summed E-state index contributed by atoms with van der Waals surface area (Å²) in [6.07, 6.45) is 6.66. The number of rotatable bonds is 5. The summed E-state index contributed by atoms with van der Waals surface area (Å²) in [5.41, 5.74) is 2.20. The highest BCUT2D eigenvalue weighted by Crippen LogP contribution is 2.21. The van der Waals surface area contributed by atoms with Crippen LogP contribution in [0.1, 0.15) is 21.5 Å². The number of ether oxygens (including phenoxy) is 1. The fourth-order valence-corrected chi connectivity index (χ4v) is 2.61. The van der Waals surface area contributed by atoms with Crippen molar-refractivity contribution in [1.29, 1.82) is 0 Å². The Morgan fingerprint density at radius 3 is 2.88 bits per heavy atom. The lowest BCUT2D eigenvalue weighted by Crippen LogP contribution is -2.35. The summed E-state index contributed by atoms with van der Waals surface area (Å²) in [5, 5.41) is 10.1. The van der Waals surface area contributed by atoms with Crippen molar-refractivity contribution in [3.8, 4) is 5.75 Å².